The first kappa shape index (κ1) is 11.9. The van der Waals surface area contributed by atoms with Crippen molar-refractivity contribution in [2.75, 3.05) is 11.5 Å². The molecule has 1 aromatic rings. The van der Waals surface area contributed by atoms with Crippen LogP contribution in [0.1, 0.15) is 12.5 Å². The number of rotatable bonds is 3. The molecular formula is C14H16S2. The normalized spacial score (nSPS) is 19.8. The fraction of sp³-hybridized carbons (Fsp3) is 0.286. The summed E-state index contributed by atoms with van der Waals surface area (Å²) in [6.07, 6.45) is 8.73. The van der Waals surface area contributed by atoms with Crippen LogP contribution in [0.25, 0.3) is 6.08 Å². The van der Waals surface area contributed by atoms with E-state index in [9.17, 15) is 0 Å². The average Bonchev–Trinajstić information content (AvgIpc) is 2.74. The van der Waals surface area contributed by atoms with Crippen LogP contribution >= 0.6 is 23.5 Å². The predicted octanol–water partition coefficient (Wildman–Crippen LogP) is 4.45. The number of thioether (sulfide) groups is 2. The minimum Gasteiger partial charge on any atom is -0.139 e. The molecule has 0 aliphatic carbocycles. The van der Waals surface area contributed by atoms with E-state index in [1.54, 1.807) is 0 Å². The van der Waals surface area contributed by atoms with Crippen LogP contribution in [0.4, 0.5) is 0 Å². The van der Waals surface area contributed by atoms with E-state index in [0.717, 1.165) is 0 Å². The second-order valence-corrected chi connectivity index (χ2v) is 7.19. The van der Waals surface area contributed by atoms with Crippen LogP contribution in [0.2, 0.25) is 0 Å². The van der Waals surface area contributed by atoms with Gasteiger partial charge >= 0.3 is 0 Å². The summed E-state index contributed by atoms with van der Waals surface area (Å²) in [6, 6.07) is 10.4. The molecule has 1 saturated heterocycles. The summed E-state index contributed by atoms with van der Waals surface area (Å²) >= 11 is 4.07. The molecule has 0 unspecified atom stereocenters. The van der Waals surface area contributed by atoms with Crippen molar-refractivity contribution in [3.05, 3.63) is 54.1 Å². The molecule has 0 aromatic heterocycles. The third-order valence-electron chi connectivity index (χ3n) is 2.46. The Morgan fingerprint density at radius 2 is 1.75 bits per heavy atom. The summed E-state index contributed by atoms with van der Waals surface area (Å²) in [4.78, 5) is 0. The minimum absolute atomic E-state index is 0.293. The van der Waals surface area contributed by atoms with E-state index in [1.165, 1.54) is 17.1 Å². The van der Waals surface area contributed by atoms with E-state index in [0.29, 0.717) is 4.08 Å². The van der Waals surface area contributed by atoms with Crippen LogP contribution in [0, 0.1) is 0 Å². The summed E-state index contributed by atoms with van der Waals surface area (Å²) in [5.74, 6) is 2.54. The molecule has 0 spiro atoms. The largest absolute Gasteiger partial charge is 0.139 e. The van der Waals surface area contributed by atoms with Gasteiger partial charge in [-0.05, 0) is 12.5 Å². The predicted molar refractivity (Wildman–Crippen MR) is 77.9 cm³/mol. The highest BCUT2D eigenvalue weighted by Crippen LogP contribution is 2.44. The molecule has 0 N–H and O–H groups in total. The third kappa shape index (κ3) is 3.46. The molecule has 1 fully saturated rings. The lowest BCUT2D eigenvalue weighted by Gasteiger charge is -2.15. The van der Waals surface area contributed by atoms with Crippen LogP contribution in [-0.2, 0) is 0 Å². The summed E-state index contributed by atoms with van der Waals surface area (Å²) in [5.41, 5.74) is 1.25. The van der Waals surface area contributed by atoms with Crippen molar-refractivity contribution in [2.45, 2.75) is 11.0 Å². The molecule has 2 heteroatoms. The zero-order valence-electron chi connectivity index (χ0n) is 9.43. The van der Waals surface area contributed by atoms with Crippen LogP contribution < -0.4 is 0 Å². The molecule has 0 bridgehead atoms. The smallest absolute Gasteiger partial charge is 0.0766 e. The first-order chi connectivity index (χ1) is 7.79. The zero-order chi connectivity index (χ0) is 11.3. The van der Waals surface area contributed by atoms with E-state index in [2.05, 4.69) is 55.5 Å². The molecule has 84 valence electrons. The standard InChI is InChI=1S/C14H16S2/c1-14(15-11-12-16-14)10-6-5-9-13-7-3-2-4-8-13/h2-10H,11-12H2,1H3/b9-5+,10-6+. The van der Waals surface area contributed by atoms with Crippen molar-refractivity contribution in [1.29, 1.82) is 0 Å². The quantitative estimate of drug-likeness (QED) is 0.725. The van der Waals surface area contributed by atoms with E-state index >= 15 is 0 Å². The molecule has 0 radical (unpaired) electrons. The molecule has 1 heterocycles. The van der Waals surface area contributed by atoms with E-state index in [1.807, 2.05) is 29.6 Å². The topological polar surface area (TPSA) is 0 Å². The zero-order valence-corrected chi connectivity index (χ0v) is 11.1. The van der Waals surface area contributed by atoms with Crippen LogP contribution in [0.3, 0.4) is 0 Å². The maximum Gasteiger partial charge on any atom is 0.0766 e. The molecule has 1 aromatic carbocycles. The van der Waals surface area contributed by atoms with Gasteiger partial charge in [0.25, 0.3) is 0 Å². The monoisotopic (exact) mass is 248 g/mol. The van der Waals surface area contributed by atoms with Gasteiger partial charge in [0.15, 0.2) is 0 Å². The molecule has 16 heavy (non-hydrogen) atoms. The number of hydrogen-bond donors (Lipinski definition) is 0. The Bertz CT molecular complexity index is 373. The fourth-order valence-electron chi connectivity index (χ4n) is 1.59. The number of hydrogen-bond acceptors (Lipinski definition) is 2. The second kappa shape index (κ2) is 5.65. The van der Waals surface area contributed by atoms with E-state index < -0.39 is 0 Å². The molecule has 0 nitrogen and oxygen atoms in total. The van der Waals surface area contributed by atoms with Gasteiger partial charge in [-0.25, -0.2) is 0 Å². The van der Waals surface area contributed by atoms with Gasteiger partial charge in [0.2, 0.25) is 0 Å². The van der Waals surface area contributed by atoms with Gasteiger partial charge < -0.3 is 0 Å². The third-order valence-corrected chi connectivity index (χ3v) is 5.66. The van der Waals surface area contributed by atoms with Crippen molar-refractivity contribution in [1.82, 2.24) is 0 Å². The second-order valence-electron chi connectivity index (χ2n) is 3.84. The molecule has 0 saturated carbocycles. The van der Waals surface area contributed by atoms with Gasteiger partial charge in [-0.15, -0.1) is 23.5 Å². The highest BCUT2D eigenvalue weighted by Gasteiger charge is 2.26. The molecule has 1 aliphatic heterocycles. The highest BCUT2D eigenvalue weighted by molar-refractivity contribution is 8.21. The van der Waals surface area contributed by atoms with Gasteiger partial charge in [-0.3, -0.25) is 0 Å². The summed E-state index contributed by atoms with van der Waals surface area (Å²) in [5, 5.41) is 0. The molecule has 0 amide bonds. The van der Waals surface area contributed by atoms with E-state index in [4.69, 9.17) is 0 Å². The van der Waals surface area contributed by atoms with Gasteiger partial charge in [-0.1, -0.05) is 54.6 Å². The molecular weight excluding hydrogens is 232 g/mol. The highest BCUT2D eigenvalue weighted by atomic mass is 32.2. The van der Waals surface area contributed by atoms with Crippen molar-refractivity contribution < 1.29 is 0 Å². The Balaban J connectivity index is 1.92. The maximum atomic E-state index is 2.30. The molecule has 2 rings (SSSR count). The maximum absolute atomic E-state index is 2.30. The number of allylic oxidation sites excluding steroid dienone is 2. The average molecular weight is 248 g/mol. The van der Waals surface area contributed by atoms with Gasteiger partial charge in [-0.2, -0.15) is 0 Å². The Kier molecular flexibility index (Phi) is 4.19. The van der Waals surface area contributed by atoms with Gasteiger partial charge in [0, 0.05) is 11.5 Å². The van der Waals surface area contributed by atoms with Gasteiger partial charge in [0.1, 0.15) is 0 Å². The lowest BCUT2D eigenvalue weighted by atomic mass is 10.2. The van der Waals surface area contributed by atoms with Crippen LogP contribution in [0.5, 0.6) is 0 Å². The Morgan fingerprint density at radius 3 is 2.44 bits per heavy atom. The first-order valence-electron chi connectivity index (χ1n) is 5.47. The van der Waals surface area contributed by atoms with E-state index in [-0.39, 0.29) is 0 Å². The minimum atomic E-state index is 0.293. The van der Waals surface area contributed by atoms with Crippen LogP contribution in [-0.4, -0.2) is 15.6 Å². The summed E-state index contributed by atoms with van der Waals surface area (Å²) in [6.45, 7) is 2.29. The first-order valence-corrected chi connectivity index (χ1v) is 7.44. The lowest BCUT2D eigenvalue weighted by Crippen LogP contribution is -2.04. The van der Waals surface area contributed by atoms with Crippen molar-refractivity contribution in [3.8, 4) is 0 Å². The van der Waals surface area contributed by atoms with Crippen molar-refractivity contribution in [3.63, 3.8) is 0 Å². The number of benzene rings is 1. The SMILES string of the molecule is CC1(/C=C/C=C/c2ccccc2)SCCS1. The lowest BCUT2D eigenvalue weighted by molar-refractivity contribution is 1.17. The Morgan fingerprint density at radius 1 is 1.06 bits per heavy atom. The molecule has 0 atom stereocenters. The Hall–Kier alpha value is -0.600. The van der Waals surface area contributed by atoms with Crippen molar-refractivity contribution >= 4 is 29.6 Å². The van der Waals surface area contributed by atoms with Crippen molar-refractivity contribution in [2.24, 2.45) is 0 Å². The van der Waals surface area contributed by atoms with Crippen LogP contribution in [0.15, 0.2) is 48.6 Å². The summed E-state index contributed by atoms with van der Waals surface area (Å²) < 4.78 is 0.293. The Labute approximate surface area is 106 Å². The van der Waals surface area contributed by atoms with Gasteiger partial charge in [0.05, 0.1) is 4.08 Å². The summed E-state index contributed by atoms with van der Waals surface area (Å²) in [7, 11) is 0. The molecule has 1 aliphatic rings. The fourth-order valence-corrected chi connectivity index (χ4v) is 4.25.